The van der Waals surface area contributed by atoms with Crippen molar-refractivity contribution >= 4 is 23.0 Å². The fraction of sp³-hybridized carbons (Fsp3) is 0.0161. The fourth-order valence-electron chi connectivity index (χ4n) is 8.03. The van der Waals surface area contributed by atoms with Crippen molar-refractivity contribution in [2.75, 3.05) is 0 Å². The van der Waals surface area contributed by atoms with Crippen molar-refractivity contribution in [1.82, 2.24) is 0 Å². The zero-order chi connectivity index (χ0) is 48.2. The molecule has 0 radical (unpaired) electrons. The molecule has 346 valence electrons. The average molecular weight is 965 g/mol. The number of benzene rings is 10. The summed E-state index contributed by atoms with van der Waals surface area (Å²) in [6.07, 6.45) is 0. The quantitative estimate of drug-likeness (QED) is 0.0626. The number of ketones is 1. The lowest BCUT2D eigenvalue weighted by molar-refractivity contribution is 0.103. The van der Waals surface area contributed by atoms with Gasteiger partial charge in [0.1, 0.15) is 34.5 Å². The van der Waals surface area contributed by atoms with Gasteiger partial charge in [0.25, 0.3) is 0 Å². The number of carbonyl (C=O) groups excluding carboxylic acids is 1. The van der Waals surface area contributed by atoms with Gasteiger partial charge in [0.2, 0.25) is 5.78 Å². The van der Waals surface area contributed by atoms with Crippen molar-refractivity contribution in [2.24, 2.45) is 0 Å². The lowest BCUT2D eigenvalue weighted by atomic mass is 10.00. The molecule has 0 amide bonds. The van der Waals surface area contributed by atoms with Crippen LogP contribution in [-0.4, -0.2) is 5.78 Å². The van der Waals surface area contributed by atoms with Crippen molar-refractivity contribution in [3.05, 3.63) is 278 Å². The third-order valence-corrected chi connectivity index (χ3v) is 13.6. The first-order valence-corrected chi connectivity index (χ1v) is 25.2. The summed E-state index contributed by atoms with van der Waals surface area (Å²) in [5, 5.41) is 0. The molecule has 0 aromatic heterocycles. The third-order valence-electron chi connectivity index (χ3n) is 11.5. The zero-order valence-corrected chi connectivity index (χ0v) is 40.4. The molecule has 0 aliphatic rings. The number of aryl methyl sites for hydroxylation is 1. The van der Waals surface area contributed by atoms with Gasteiger partial charge in [-0.1, -0.05) is 218 Å². The average Bonchev–Trinajstić information content (AvgIpc) is 3.43. The summed E-state index contributed by atoms with van der Waals surface area (Å²) < 4.78 is 40.9. The molecule has 10 rings (SSSR count). The molecule has 0 aliphatic carbocycles. The minimum absolute atomic E-state index is 0.258. The van der Waals surface area contributed by atoms with Crippen LogP contribution in [0.2, 0.25) is 0 Å². The molecule has 0 heterocycles. The highest BCUT2D eigenvalue weighted by Crippen LogP contribution is 2.51. The van der Waals surface area contributed by atoms with Crippen LogP contribution in [0.5, 0.6) is 34.5 Å². The summed E-state index contributed by atoms with van der Waals surface area (Å²) in [5.74, 6) is 2.42. The molecule has 0 fully saturated rings. The molecule has 0 saturated heterocycles. The smallest absolute Gasteiger partial charge is 0.408 e. The Kier molecular flexibility index (Phi) is 14.5. The molecule has 9 heteroatoms. The van der Waals surface area contributed by atoms with E-state index in [9.17, 15) is 0 Å². The van der Waals surface area contributed by atoms with Crippen molar-refractivity contribution in [2.45, 2.75) is 6.92 Å². The molecule has 0 saturated carbocycles. The predicted octanol–water partition coefficient (Wildman–Crippen LogP) is 17.4. The number of rotatable bonds is 18. The maximum absolute atomic E-state index is 15.3. The Morgan fingerprint density at radius 2 is 0.563 bits per heavy atom. The molecule has 10 aromatic carbocycles. The van der Waals surface area contributed by atoms with E-state index in [1.54, 1.807) is 24.3 Å². The summed E-state index contributed by atoms with van der Waals surface area (Å²) in [6.45, 7) is 1.90. The van der Waals surface area contributed by atoms with E-state index in [4.69, 9.17) is 27.1 Å². The van der Waals surface area contributed by atoms with E-state index < -0.39 is 17.2 Å². The number of hydrogen-bond acceptors (Lipinski definition) is 7. The second kappa shape index (κ2) is 22.3. The van der Waals surface area contributed by atoms with Gasteiger partial charge in [-0.15, -0.1) is 0 Å². The van der Waals surface area contributed by atoms with Crippen molar-refractivity contribution in [1.29, 1.82) is 0 Å². The Hall–Kier alpha value is -8.47. The summed E-state index contributed by atoms with van der Waals surface area (Å²) in [7, 11) is -4.53. The highest BCUT2D eigenvalue weighted by atomic mass is 31.2. The topological polar surface area (TPSA) is 72.5 Å². The Balaban J connectivity index is 1.02. The van der Waals surface area contributed by atoms with Gasteiger partial charge in [-0.25, -0.2) is 0 Å². The van der Waals surface area contributed by atoms with E-state index in [0.29, 0.717) is 34.3 Å². The third kappa shape index (κ3) is 11.0. The molecule has 0 atom stereocenters. The molecule has 0 bridgehead atoms. The van der Waals surface area contributed by atoms with Gasteiger partial charge in [-0.05, 0) is 77.2 Å². The maximum Gasteiger partial charge on any atom is 0.530 e. The van der Waals surface area contributed by atoms with Crippen LogP contribution >= 0.6 is 17.2 Å². The predicted molar refractivity (Wildman–Crippen MR) is 286 cm³/mol. The first kappa shape index (κ1) is 46.3. The first-order chi connectivity index (χ1) is 35.1. The molecule has 0 N–H and O–H groups in total. The van der Waals surface area contributed by atoms with Gasteiger partial charge in [-0.2, -0.15) is 0 Å². The second-order valence-electron chi connectivity index (χ2n) is 16.2. The molecular formula is C62H46O7P2. The first-order valence-electron chi connectivity index (χ1n) is 23.0. The monoisotopic (exact) mass is 964 g/mol. The van der Waals surface area contributed by atoms with Crippen molar-refractivity contribution in [3.8, 4) is 79.0 Å². The van der Waals surface area contributed by atoms with Crippen molar-refractivity contribution < 1.29 is 31.9 Å². The van der Waals surface area contributed by atoms with E-state index in [1.165, 1.54) is 0 Å². The Morgan fingerprint density at radius 1 is 0.282 bits per heavy atom. The molecule has 7 nitrogen and oxygen atoms in total. The highest BCUT2D eigenvalue weighted by molar-refractivity contribution is 7.43. The molecular weight excluding hydrogens is 919 g/mol. The molecule has 71 heavy (non-hydrogen) atoms. The van der Waals surface area contributed by atoms with Crippen LogP contribution < -0.4 is 27.1 Å². The zero-order valence-electron chi connectivity index (χ0n) is 38.6. The molecule has 10 aromatic rings. The fourth-order valence-corrected chi connectivity index (χ4v) is 10.2. The van der Waals surface area contributed by atoms with Crippen LogP contribution in [0.25, 0.3) is 44.5 Å². The van der Waals surface area contributed by atoms with E-state index in [-0.39, 0.29) is 22.7 Å². The number of hydrogen-bond donors (Lipinski definition) is 0. The van der Waals surface area contributed by atoms with Gasteiger partial charge in [-0.3, -0.25) is 4.79 Å². The van der Waals surface area contributed by atoms with Gasteiger partial charge in [0, 0.05) is 22.3 Å². The summed E-state index contributed by atoms with van der Waals surface area (Å²) >= 11 is 0. The van der Waals surface area contributed by atoms with E-state index in [2.05, 4.69) is 0 Å². The number of carbonyl (C=O) groups is 1. The van der Waals surface area contributed by atoms with Gasteiger partial charge in [0.05, 0.1) is 11.1 Å². The summed E-state index contributed by atoms with van der Waals surface area (Å²) in [6, 6.07) is 83.6. The normalized spacial score (nSPS) is 10.9. The van der Waals surface area contributed by atoms with E-state index >= 15 is 4.79 Å². The molecule has 0 aliphatic heterocycles. The lowest BCUT2D eigenvalue weighted by Gasteiger charge is -2.23. The minimum Gasteiger partial charge on any atom is -0.408 e. The van der Waals surface area contributed by atoms with Crippen LogP contribution in [0.15, 0.2) is 261 Å². The Bertz CT molecular complexity index is 3200. The standard InChI is InChI=1S/C62H46O7P2/c1-45-25-24-39-55(62(45)69-71(66-58-42-21-16-36-52(58)48-30-10-4-11-31-48)67-59-43-22-17-37-53(59)49-32-12-5-13-33-49)61(63)54-38-18-23-44-60(54)68-70(64-56-40-19-14-34-50(56)46-26-6-2-7-27-46)65-57-41-20-15-35-51(57)47-28-8-3-9-29-47/h2-44H,1H3. The Labute approximate surface area is 416 Å². The van der Waals surface area contributed by atoms with Crippen LogP contribution in [-0.2, 0) is 0 Å². The highest BCUT2D eigenvalue weighted by Gasteiger charge is 2.30. The van der Waals surface area contributed by atoms with Gasteiger partial charge < -0.3 is 27.1 Å². The van der Waals surface area contributed by atoms with Crippen LogP contribution in [0.4, 0.5) is 0 Å². The minimum atomic E-state index is -2.27. The number of para-hydroxylation sites is 6. The molecule has 0 spiro atoms. The van der Waals surface area contributed by atoms with Gasteiger partial charge in [0.15, 0.2) is 0 Å². The summed E-state index contributed by atoms with van der Waals surface area (Å²) in [4.78, 5) is 15.3. The van der Waals surface area contributed by atoms with Gasteiger partial charge >= 0.3 is 17.2 Å². The Morgan fingerprint density at radius 3 is 0.944 bits per heavy atom. The van der Waals surface area contributed by atoms with Crippen LogP contribution in [0.3, 0.4) is 0 Å². The van der Waals surface area contributed by atoms with Crippen molar-refractivity contribution in [3.63, 3.8) is 0 Å². The largest absolute Gasteiger partial charge is 0.530 e. The lowest BCUT2D eigenvalue weighted by Crippen LogP contribution is -2.11. The van der Waals surface area contributed by atoms with Crippen LogP contribution in [0.1, 0.15) is 21.5 Å². The SMILES string of the molecule is Cc1cccc(C(=O)c2ccccc2OP(Oc2ccccc2-c2ccccc2)Oc2ccccc2-c2ccccc2)c1OP(Oc1ccccc1-c1ccccc1)Oc1ccccc1-c1ccccc1. The van der Waals surface area contributed by atoms with E-state index in [1.807, 2.05) is 244 Å². The summed E-state index contributed by atoms with van der Waals surface area (Å²) in [5.41, 5.74) is 8.53. The molecule has 0 unspecified atom stereocenters. The van der Waals surface area contributed by atoms with E-state index in [0.717, 1.165) is 44.5 Å². The maximum atomic E-state index is 15.3. The second-order valence-corrected chi connectivity index (χ2v) is 18.2. The van der Waals surface area contributed by atoms with Crippen LogP contribution in [0, 0.1) is 6.92 Å².